The molecule has 0 spiro atoms. The lowest BCUT2D eigenvalue weighted by atomic mass is 10.1. The number of nitrogens with zero attached hydrogens (tertiary/aromatic N) is 1. The van der Waals surface area contributed by atoms with Crippen LogP contribution in [-0.4, -0.2) is 19.0 Å². The lowest BCUT2D eigenvalue weighted by Gasteiger charge is -2.21. The molecule has 2 heterocycles. The summed E-state index contributed by atoms with van der Waals surface area (Å²) in [6, 6.07) is 16.4. The van der Waals surface area contributed by atoms with Crippen molar-refractivity contribution in [1.29, 1.82) is 0 Å². The molecular formula is C20H18N2O3. The van der Waals surface area contributed by atoms with Gasteiger partial charge in [0.15, 0.2) is 0 Å². The maximum atomic E-state index is 12.7. The van der Waals surface area contributed by atoms with E-state index in [1.807, 2.05) is 36.4 Å². The Bertz CT molecular complexity index is 987. The van der Waals surface area contributed by atoms with Crippen molar-refractivity contribution in [3.8, 4) is 0 Å². The average Bonchev–Trinajstić information content (AvgIpc) is 3.16. The fraction of sp³-hybridized carbons (Fsp3) is 0.200. The van der Waals surface area contributed by atoms with Crippen LogP contribution in [0.5, 0.6) is 0 Å². The molecule has 0 atom stereocenters. The molecule has 1 saturated heterocycles. The number of anilines is 2. The van der Waals surface area contributed by atoms with Crippen molar-refractivity contribution in [1.82, 2.24) is 0 Å². The Morgan fingerprint density at radius 1 is 1.00 bits per heavy atom. The molecule has 2 aromatic carbocycles. The minimum absolute atomic E-state index is 0.00919. The van der Waals surface area contributed by atoms with E-state index >= 15 is 0 Å². The van der Waals surface area contributed by atoms with Gasteiger partial charge in [-0.25, -0.2) is 4.79 Å². The van der Waals surface area contributed by atoms with Gasteiger partial charge in [0, 0.05) is 18.5 Å². The van der Waals surface area contributed by atoms with E-state index in [4.69, 9.17) is 4.42 Å². The number of carbonyl (C=O) groups excluding carboxylic acids is 1. The zero-order valence-electron chi connectivity index (χ0n) is 13.7. The first-order valence-corrected chi connectivity index (χ1v) is 8.40. The molecule has 1 aliphatic rings. The lowest BCUT2D eigenvalue weighted by Crippen LogP contribution is -2.23. The van der Waals surface area contributed by atoms with Crippen molar-refractivity contribution < 1.29 is 9.21 Å². The monoisotopic (exact) mass is 334 g/mol. The molecule has 4 rings (SSSR count). The number of rotatable bonds is 3. The van der Waals surface area contributed by atoms with E-state index in [2.05, 4.69) is 10.2 Å². The van der Waals surface area contributed by atoms with Crippen molar-refractivity contribution in [3.05, 3.63) is 70.6 Å². The molecule has 0 aliphatic carbocycles. The zero-order chi connectivity index (χ0) is 17.2. The number of benzene rings is 2. The number of fused-ring (bicyclic) bond motifs is 1. The molecule has 1 amide bonds. The molecule has 1 aliphatic heterocycles. The molecule has 5 heteroatoms. The molecule has 1 aromatic heterocycles. The molecule has 1 N–H and O–H groups in total. The summed E-state index contributed by atoms with van der Waals surface area (Å²) in [6.07, 6.45) is 2.30. The fourth-order valence-electron chi connectivity index (χ4n) is 3.22. The fourth-order valence-corrected chi connectivity index (χ4v) is 3.22. The predicted molar refractivity (Wildman–Crippen MR) is 98.3 cm³/mol. The first kappa shape index (κ1) is 15.4. The van der Waals surface area contributed by atoms with Gasteiger partial charge in [-0.2, -0.15) is 0 Å². The van der Waals surface area contributed by atoms with Crippen LogP contribution < -0.4 is 15.8 Å². The Hall–Kier alpha value is -3.08. The van der Waals surface area contributed by atoms with Crippen molar-refractivity contribution in [3.63, 3.8) is 0 Å². The summed E-state index contributed by atoms with van der Waals surface area (Å²) in [5.41, 5.74) is 1.55. The van der Waals surface area contributed by atoms with Gasteiger partial charge in [0.2, 0.25) is 0 Å². The van der Waals surface area contributed by atoms with Crippen LogP contribution in [0.1, 0.15) is 23.2 Å². The van der Waals surface area contributed by atoms with Crippen LogP contribution in [0.3, 0.4) is 0 Å². The number of carbonyl (C=O) groups is 1. The summed E-state index contributed by atoms with van der Waals surface area (Å²) in [4.78, 5) is 27.1. The lowest BCUT2D eigenvalue weighted by molar-refractivity contribution is 0.102. The van der Waals surface area contributed by atoms with Crippen molar-refractivity contribution >= 4 is 28.3 Å². The Morgan fingerprint density at radius 3 is 2.56 bits per heavy atom. The van der Waals surface area contributed by atoms with Gasteiger partial charge in [0.05, 0.1) is 11.4 Å². The topological polar surface area (TPSA) is 62.6 Å². The highest BCUT2D eigenvalue weighted by Crippen LogP contribution is 2.29. The van der Waals surface area contributed by atoms with Crippen molar-refractivity contribution in [2.24, 2.45) is 0 Å². The third-order valence-electron chi connectivity index (χ3n) is 4.49. The highest BCUT2D eigenvalue weighted by Gasteiger charge is 2.19. The molecule has 25 heavy (non-hydrogen) atoms. The average molecular weight is 334 g/mol. The largest absolute Gasteiger partial charge is 0.422 e. The summed E-state index contributed by atoms with van der Waals surface area (Å²) >= 11 is 0. The smallest absolute Gasteiger partial charge is 0.349 e. The van der Waals surface area contributed by atoms with Crippen LogP contribution in [0.2, 0.25) is 0 Å². The first-order chi connectivity index (χ1) is 12.2. The standard InChI is InChI=1S/C20H18N2O3/c23-19(15-13-14-7-1-4-10-18(14)25-20(15)24)21-16-8-2-3-9-17(16)22-11-5-6-12-22/h1-4,7-10,13H,5-6,11-12H2,(H,21,23). The van der Waals surface area contributed by atoms with E-state index in [0.29, 0.717) is 11.3 Å². The molecule has 1 fully saturated rings. The SMILES string of the molecule is O=C(Nc1ccccc1N1CCCC1)c1cc2ccccc2oc1=O. The van der Waals surface area contributed by atoms with Crippen LogP contribution in [0.15, 0.2) is 63.8 Å². The van der Waals surface area contributed by atoms with Gasteiger partial charge in [-0.05, 0) is 37.1 Å². The van der Waals surface area contributed by atoms with E-state index in [0.717, 1.165) is 37.0 Å². The van der Waals surface area contributed by atoms with Gasteiger partial charge in [0.25, 0.3) is 5.91 Å². The Morgan fingerprint density at radius 2 is 1.72 bits per heavy atom. The van der Waals surface area contributed by atoms with Crippen molar-refractivity contribution in [2.75, 3.05) is 23.3 Å². The maximum absolute atomic E-state index is 12.7. The Balaban J connectivity index is 1.67. The van der Waals surface area contributed by atoms with Gasteiger partial charge in [-0.1, -0.05) is 30.3 Å². The summed E-state index contributed by atoms with van der Waals surface area (Å²) in [6.45, 7) is 1.95. The molecule has 0 unspecified atom stereocenters. The van der Waals surface area contributed by atoms with Crippen LogP contribution in [0, 0.1) is 0 Å². The van der Waals surface area contributed by atoms with Gasteiger partial charge in [0.1, 0.15) is 11.1 Å². The Labute approximate surface area is 144 Å². The van der Waals surface area contributed by atoms with Crippen LogP contribution in [0.25, 0.3) is 11.0 Å². The van der Waals surface area contributed by atoms with Crippen molar-refractivity contribution in [2.45, 2.75) is 12.8 Å². The molecular weight excluding hydrogens is 316 g/mol. The van der Waals surface area contributed by atoms with Gasteiger partial charge in [-0.15, -0.1) is 0 Å². The Kier molecular flexibility index (Phi) is 3.98. The van der Waals surface area contributed by atoms with Crippen LogP contribution in [-0.2, 0) is 0 Å². The second kappa shape index (κ2) is 6.43. The highest BCUT2D eigenvalue weighted by molar-refractivity contribution is 6.06. The van der Waals surface area contributed by atoms with Crippen LogP contribution in [0.4, 0.5) is 11.4 Å². The molecule has 0 bridgehead atoms. The number of para-hydroxylation sites is 3. The molecule has 5 nitrogen and oxygen atoms in total. The minimum atomic E-state index is -0.630. The van der Waals surface area contributed by atoms with Gasteiger partial charge in [-0.3, -0.25) is 4.79 Å². The maximum Gasteiger partial charge on any atom is 0.349 e. The van der Waals surface area contributed by atoms with E-state index < -0.39 is 11.5 Å². The van der Waals surface area contributed by atoms with E-state index in [1.165, 1.54) is 0 Å². The normalized spacial score (nSPS) is 14.0. The molecule has 0 radical (unpaired) electrons. The third kappa shape index (κ3) is 3.01. The summed E-state index contributed by atoms with van der Waals surface area (Å²) in [5.74, 6) is -0.453. The quantitative estimate of drug-likeness (QED) is 0.743. The summed E-state index contributed by atoms with van der Waals surface area (Å²) < 4.78 is 5.25. The first-order valence-electron chi connectivity index (χ1n) is 8.40. The third-order valence-corrected chi connectivity index (χ3v) is 4.49. The molecule has 3 aromatic rings. The van der Waals surface area contributed by atoms with Gasteiger partial charge < -0.3 is 14.6 Å². The van der Waals surface area contributed by atoms with E-state index in [9.17, 15) is 9.59 Å². The second-order valence-corrected chi connectivity index (χ2v) is 6.15. The number of nitrogens with one attached hydrogen (secondary N) is 1. The number of amides is 1. The van der Waals surface area contributed by atoms with E-state index in [1.54, 1.807) is 18.2 Å². The number of hydrogen-bond acceptors (Lipinski definition) is 4. The van der Waals surface area contributed by atoms with Crippen LogP contribution >= 0.6 is 0 Å². The highest BCUT2D eigenvalue weighted by atomic mass is 16.4. The summed E-state index contributed by atoms with van der Waals surface area (Å²) in [5, 5.41) is 3.59. The minimum Gasteiger partial charge on any atom is -0.422 e. The zero-order valence-corrected chi connectivity index (χ0v) is 13.7. The summed E-state index contributed by atoms with van der Waals surface area (Å²) in [7, 11) is 0. The van der Waals surface area contributed by atoms with Gasteiger partial charge >= 0.3 is 5.63 Å². The number of hydrogen-bond donors (Lipinski definition) is 1. The predicted octanol–water partition coefficient (Wildman–Crippen LogP) is 3.65. The molecule has 0 saturated carbocycles. The second-order valence-electron chi connectivity index (χ2n) is 6.15. The van der Waals surface area contributed by atoms with E-state index in [-0.39, 0.29) is 5.56 Å². The molecule has 126 valence electrons.